The lowest BCUT2D eigenvalue weighted by Crippen LogP contribution is -2.32. The van der Waals surface area contributed by atoms with Crippen LogP contribution in [0.2, 0.25) is 0 Å². The molecular formula is C26H32O6. The zero-order chi connectivity index (χ0) is 23.6. The highest BCUT2D eigenvalue weighted by atomic mass is 16.5. The van der Waals surface area contributed by atoms with Gasteiger partial charge in [0.2, 0.25) is 0 Å². The van der Waals surface area contributed by atoms with Crippen molar-refractivity contribution in [2.75, 3.05) is 0 Å². The van der Waals surface area contributed by atoms with Crippen molar-refractivity contribution < 1.29 is 24.2 Å². The van der Waals surface area contributed by atoms with E-state index in [0.29, 0.717) is 41.5 Å². The van der Waals surface area contributed by atoms with E-state index in [1.807, 2.05) is 33.8 Å². The lowest BCUT2D eigenvalue weighted by atomic mass is 9.89. The van der Waals surface area contributed by atoms with Crippen molar-refractivity contribution in [1.82, 2.24) is 0 Å². The predicted octanol–water partition coefficient (Wildman–Crippen LogP) is 5.84. The number of allylic oxidation sites excluding steroid dienone is 2. The van der Waals surface area contributed by atoms with Gasteiger partial charge in [0.05, 0.1) is 17.1 Å². The lowest BCUT2D eigenvalue weighted by molar-refractivity contribution is 0.0979. The number of fused-ring (bicyclic) bond motifs is 3. The zero-order valence-corrected chi connectivity index (χ0v) is 19.4. The molecule has 32 heavy (non-hydrogen) atoms. The highest BCUT2D eigenvalue weighted by Gasteiger charge is 2.34. The highest BCUT2D eigenvalue weighted by molar-refractivity contribution is 6.12. The van der Waals surface area contributed by atoms with Gasteiger partial charge in [0.25, 0.3) is 0 Å². The molecule has 0 spiro atoms. The zero-order valence-electron chi connectivity index (χ0n) is 19.4. The van der Waals surface area contributed by atoms with Crippen molar-refractivity contribution in [1.29, 1.82) is 0 Å². The summed E-state index contributed by atoms with van der Waals surface area (Å²) in [5.41, 5.74) is 0.477. The Morgan fingerprint density at radius 1 is 1.28 bits per heavy atom. The molecule has 2 atom stereocenters. The first-order valence-corrected chi connectivity index (χ1v) is 11.2. The van der Waals surface area contributed by atoms with Crippen molar-refractivity contribution in [2.24, 2.45) is 0 Å². The minimum atomic E-state index is -0.948. The van der Waals surface area contributed by atoms with Crippen LogP contribution in [0, 0.1) is 0 Å². The molecule has 0 radical (unpaired) electrons. The van der Waals surface area contributed by atoms with Crippen LogP contribution in [0.15, 0.2) is 33.0 Å². The third kappa shape index (κ3) is 4.51. The number of rotatable bonds is 8. The number of Topliss-reactive ketones (excluding diaryl/α,β-unsaturated/α-hetero) is 1. The number of phenols is 1. The SMILES string of the molecule is CCCC(=O)c1c(O)c2c(c3c([C@@H](O)CC)cc(=O)oc13)OC(C)(CCC=C(C)C)C=C2. The highest BCUT2D eigenvalue weighted by Crippen LogP contribution is 2.48. The van der Waals surface area contributed by atoms with Gasteiger partial charge >= 0.3 is 5.63 Å². The number of ether oxygens (including phenoxy) is 1. The molecule has 0 fully saturated rings. The van der Waals surface area contributed by atoms with Crippen LogP contribution in [-0.4, -0.2) is 21.6 Å². The van der Waals surface area contributed by atoms with Gasteiger partial charge in [0.1, 0.15) is 22.7 Å². The Balaban J connectivity index is 2.32. The van der Waals surface area contributed by atoms with Gasteiger partial charge in [-0.1, -0.05) is 25.5 Å². The molecule has 1 aromatic carbocycles. The Morgan fingerprint density at radius 2 is 2.00 bits per heavy atom. The minimum Gasteiger partial charge on any atom is -0.506 e. The topological polar surface area (TPSA) is 97.0 Å². The molecule has 1 aliphatic rings. The van der Waals surface area contributed by atoms with Gasteiger partial charge in [-0.2, -0.15) is 0 Å². The molecule has 1 aliphatic heterocycles. The maximum absolute atomic E-state index is 12.9. The number of phenolic OH excluding ortho intramolecular Hbond substituents is 1. The van der Waals surface area contributed by atoms with E-state index < -0.39 is 17.3 Å². The Labute approximate surface area is 188 Å². The average Bonchev–Trinajstić information content (AvgIpc) is 2.72. The van der Waals surface area contributed by atoms with E-state index in [9.17, 15) is 19.8 Å². The van der Waals surface area contributed by atoms with Gasteiger partial charge in [-0.25, -0.2) is 4.79 Å². The van der Waals surface area contributed by atoms with Gasteiger partial charge in [-0.3, -0.25) is 4.79 Å². The molecule has 0 aliphatic carbocycles. The Morgan fingerprint density at radius 3 is 2.62 bits per heavy atom. The van der Waals surface area contributed by atoms with Crippen LogP contribution in [0.25, 0.3) is 17.0 Å². The first-order valence-electron chi connectivity index (χ1n) is 11.2. The van der Waals surface area contributed by atoms with E-state index in [-0.39, 0.29) is 29.1 Å². The van der Waals surface area contributed by atoms with Crippen molar-refractivity contribution in [3.63, 3.8) is 0 Å². The summed E-state index contributed by atoms with van der Waals surface area (Å²) >= 11 is 0. The average molecular weight is 441 g/mol. The molecule has 172 valence electrons. The Bertz CT molecular complexity index is 1150. The van der Waals surface area contributed by atoms with E-state index in [1.165, 1.54) is 11.6 Å². The van der Waals surface area contributed by atoms with Gasteiger partial charge in [0.15, 0.2) is 11.4 Å². The first kappa shape index (κ1) is 23.8. The summed E-state index contributed by atoms with van der Waals surface area (Å²) in [5, 5.41) is 22.1. The predicted molar refractivity (Wildman–Crippen MR) is 125 cm³/mol. The molecule has 2 aromatic rings. The molecule has 0 saturated carbocycles. The normalized spacial score (nSPS) is 18.2. The fourth-order valence-corrected chi connectivity index (χ4v) is 4.07. The molecule has 0 saturated heterocycles. The van der Waals surface area contributed by atoms with Crippen molar-refractivity contribution in [2.45, 2.75) is 78.4 Å². The van der Waals surface area contributed by atoms with E-state index in [0.717, 1.165) is 6.42 Å². The standard InChI is InChI=1S/C26H32O6/c1-6-9-19(28)22-23(30)16-11-13-26(5,12-8-10-15(3)4)32-24(16)21-17(18(27)7-2)14-20(29)31-25(21)22/h10-11,13-14,18,27,30H,6-9,12H2,1-5H3/t18-,26?/m0/s1. The van der Waals surface area contributed by atoms with Gasteiger partial charge in [-0.05, 0) is 58.6 Å². The summed E-state index contributed by atoms with van der Waals surface area (Å²) in [5.74, 6) is -0.270. The number of aliphatic hydroxyl groups excluding tert-OH is 1. The smallest absolute Gasteiger partial charge is 0.336 e. The Hall–Kier alpha value is -2.86. The quantitative estimate of drug-likeness (QED) is 0.304. The summed E-state index contributed by atoms with van der Waals surface area (Å²) in [6.45, 7) is 9.68. The van der Waals surface area contributed by atoms with E-state index in [1.54, 1.807) is 13.0 Å². The van der Waals surface area contributed by atoms with Gasteiger partial charge < -0.3 is 19.4 Å². The van der Waals surface area contributed by atoms with Gasteiger partial charge in [0, 0.05) is 18.1 Å². The summed E-state index contributed by atoms with van der Waals surface area (Å²) in [6.07, 6.45) is 7.44. The number of carbonyl (C=O) groups excluding carboxylic acids is 1. The number of carbonyl (C=O) groups is 1. The fraction of sp³-hybridized carbons (Fsp3) is 0.462. The van der Waals surface area contributed by atoms with Crippen LogP contribution in [0.5, 0.6) is 11.5 Å². The lowest BCUT2D eigenvalue weighted by Gasteiger charge is -2.33. The van der Waals surface area contributed by atoms with Crippen LogP contribution >= 0.6 is 0 Å². The minimum absolute atomic E-state index is 0.0309. The van der Waals surface area contributed by atoms with Crippen molar-refractivity contribution in [3.8, 4) is 11.5 Å². The van der Waals surface area contributed by atoms with Crippen molar-refractivity contribution in [3.05, 3.63) is 50.9 Å². The second-order valence-corrected chi connectivity index (χ2v) is 8.86. The summed E-state index contributed by atoms with van der Waals surface area (Å²) < 4.78 is 11.9. The number of aromatic hydroxyl groups is 1. The van der Waals surface area contributed by atoms with Crippen LogP contribution in [0.3, 0.4) is 0 Å². The third-order valence-electron chi connectivity index (χ3n) is 5.82. The van der Waals surface area contributed by atoms with Crippen LogP contribution < -0.4 is 10.4 Å². The van der Waals surface area contributed by atoms with Crippen LogP contribution in [0.1, 0.15) is 94.3 Å². The van der Waals surface area contributed by atoms with E-state index >= 15 is 0 Å². The summed E-state index contributed by atoms with van der Waals surface area (Å²) in [6, 6.07) is 1.24. The molecule has 1 aromatic heterocycles. The number of hydrogen-bond donors (Lipinski definition) is 2. The fourth-order valence-electron chi connectivity index (χ4n) is 4.07. The molecule has 3 rings (SSSR count). The molecule has 0 amide bonds. The maximum atomic E-state index is 12.9. The number of benzene rings is 1. The second kappa shape index (κ2) is 9.33. The van der Waals surface area contributed by atoms with E-state index in [4.69, 9.17) is 9.15 Å². The van der Waals surface area contributed by atoms with Gasteiger partial charge in [-0.15, -0.1) is 0 Å². The third-order valence-corrected chi connectivity index (χ3v) is 5.82. The molecule has 6 nitrogen and oxygen atoms in total. The number of hydrogen-bond acceptors (Lipinski definition) is 6. The molecular weight excluding hydrogens is 408 g/mol. The summed E-state index contributed by atoms with van der Waals surface area (Å²) in [4.78, 5) is 25.2. The number of ketones is 1. The second-order valence-electron chi connectivity index (χ2n) is 8.86. The van der Waals surface area contributed by atoms with Crippen LogP contribution in [-0.2, 0) is 0 Å². The maximum Gasteiger partial charge on any atom is 0.336 e. The molecule has 6 heteroatoms. The van der Waals surface area contributed by atoms with E-state index in [2.05, 4.69) is 6.08 Å². The molecule has 2 heterocycles. The molecule has 0 bridgehead atoms. The number of aliphatic hydroxyl groups is 1. The summed E-state index contributed by atoms with van der Waals surface area (Å²) in [7, 11) is 0. The largest absolute Gasteiger partial charge is 0.506 e. The first-order chi connectivity index (χ1) is 15.1. The molecule has 1 unspecified atom stereocenters. The Kier molecular flexibility index (Phi) is 6.94. The van der Waals surface area contributed by atoms with Crippen LogP contribution in [0.4, 0.5) is 0 Å². The molecule has 2 N–H and O–H groups in total. The van der Waals surface area contributed by atoms with Crippen molar-refractivity contribution >= 4 is 22.8 Å². The monoisotopic (exact) mass is 440 g/mol.